The molecule has 0 N–H and O–H groups in total. The molecule has 0 aliphatic carbocycles. The number of carbonyl (C=O) groups is 2. The van der Waals surface area contributed by atoms with Crippen LogP contribution < -0.4 is 0 Å². The zero-order valence-corrected chi connectivity index (χ0v) is 41.0. The molecule has 0 aromatic carbocycles. The highest BCUT2D eigenvalue weighted by molar-refractivity contribution is 5.70. The van der Waals surface area contributed by atoms with Gasteiger partial charge in [0.25, 0.3) is 0 Å². The molecule has 0 aromatic heterocycles. The van der Waals surface area contributed by atoms with Crippen LogP contribution in [0.4, 0.5) is 0 Å². The molecular weight excluding hydrogens is 789 g/mol. The summed E-state index contributed by atoms with van der Waals surface area (Å²) in [5.74, 6) is -0.497. The second-order valence-corrected chi connectivity index (χ2v) is 15.9. The van der Waals surface area contributed by atoms with Gasteiger partial charge in [0.15, 0.2) is 6.10 Å². The van der Waals surface area contributed by atoms with Gasteiger partial charge in [0.05, 0.1) is 6.61 Å². The van der Waals surface area contributed by atoms with Gasteiger partial charge in [0.1, 0.15) is 6.61 Å². The van der Waals surface area contributed by atoms with Crippen molar-refractivity contribution in [2.75, 3.05) is 19.8 Å². The fourth-order valence-electron chi connectivity index (χ4n) is 6.20. The second kappa shape index (κ2) is 53.1. The van der Waals surface area contributed by atoms with Crippen LogP contribution in [0.3, 0.4) is 0 Å². The summed E-state index contributed by atoms with van der Waals surface area (Å²) in [4.78, 5) is 25.4. The first-order valence-corrected chi connectivity index (χ1v) is 25.4. The summed E-state index contributed by atoms with van der Waals surface area (Å²) in [5.41, 5.74) is 0. The Morgan fingerprint density at radius 3 is 1.06 bits per heavy atom. The Bertz CT molecular complexity index is 1410. The topological polar surface area (TPSA) is 61.8 Å². The lowest BCUT2D eigenvalue weighted by atomic mass is 10.1. The van der Waals surface area contributed by atoms with Crippen LogP contribution in [0.15, 0.2) is 146 Å². The second-order valence-electron chi connectivity index (χ2n) is 15.9. The highest BCUT2D eigenvalue weighted by Gasteiger charge is 2.17. The summed E-state index contributed by atoms with van der Waals surface area (Å²) in [6, 6.07) is 0. The van der Waals surface area contributed by atoms with E-state index in [0.717, 1.165) is 148 Å². The molecule has 0 rings (SSSR count). The van der Waals surface area contributed by atoms with Crippen molar-refractivity contribution in [1.82, 2.24) is 0 Å². The standard InChI is InChI=1S/C59H92O5/c1-4-7-10-13-16-19-22-25-27-28-29-30-31-33-36-39-42-45-48-51-54-62-55-57(64-59(61)53-50-47-44-41-38-34-24-21-18-15-12-9-6-3)56-63-58(60)52-49-46-43-40-37-35-32-26-23-20-17-14-11-8-5-2/h7-12,16-21,25-27,29-30,32-34,36,38,42,45,57H,4-6,13-15,22-24,28,31,35,37,39-41,43-44,46-56H2,1-3H3/b10-7-,11-8-,12-9-,19-16-,20-17-,21-18-,27-25-,30-29-,32-26-,36-33-,38-34-,45-42-. The minimum absolute atomic E-state index is 0.0306. The lowest BCUT2D eigenvalue weighted by molar-refractivity contribution is -0.163. The Labute approximate surface area is 393 Å². The molecule has 5 heteroatoms. The molecule has 0 saturated carbocycles. The predicted molar refractivity (Wildman–Crippen MR) is 278 cm³/mol. The quantitative estimate of drug-likeness (QED) is 0.0347. The molecule has 0 aromatic rings. The zero-order valence-electron chi connectivity index (χ0n) is 41.0. The molecule has 0 radical (unpaired) electrons. The van der Waals surface area contributed by atoms with Crippen LogP contribution in [0, 0.1) is 0 Å². The number of esters is 2. The van der Waals surface area contributed by atoms with E-state index in [9.17, 15) is 9.59 Å². The lowest BCUT2D eigenvalue weighted by Gasteiger charge is -2.18. The maximum Gasteiger partial charge on any atom is 0.306 e. The largest absolute Gasteiger partial charge is 0.462 e. The lowest BCUT2D eigenvalue weighted by Crippen LogP contribution is -2.30. The third-order valence-electron chi connectivity index (χ3n) is 9.85. The minimum Gasteiger partial charge on any atom is -0.462 e. The molecule has 0 spiro atoms. The molecule has 358 valence electrons. The molecule has 0 aliphatic heterocycles. The third kappa shape index (κ3) is 50.4. The van der Waals surface area contributed by atoms with E-state index in [0.29, 0.717) is 19.4 Å². The summed E-state index contributed by atoms with van der Waals surface area (Å²) in [6.45, 7) is 7.26. The average Bonchev–Trinajstić information content (AvgIpc) is 3.30. The van der Waals surface area contributed by atoms with Gasteiger partial charge in [-0.1, -0.05) is 192 Å². The van der Waals surface area contributed by atoms with Gasteiger partial charge < -0.3 is 14.2 Å². The molecule has 1 atom stereocenters. The van der Waals surface area contributed by atoms with E-state index >= 15 is 0 Å². The molecule has 64 heavy (non-hydrogen) atoms. The average molecular weight is 881 g/mol. The van der Waals surface area contributed by atoms with Crippen molar-refractivity contribution in [1.29, 1.82) is 0 Å². The van der Waals surface area contributed by atoms with Crippen molar-refractivity contribution < 1.29 is 23.8 Å². The van der Waals surface area contributed by atoms with Gasteiger partial charge in [0.2, 0.25) is 0 Å². The van der Waals surface area contributed by atoms with E-state index < -0.39 is 6.10 Å². The van der Waals surface area contributed by atoms with Gasteiger partial charge in [-0.15, -0.1) is 0 Å². The van der Waals surface area contributed by atoms with Gasteiger partial charge in [-0.05, 0) is 128 Å². The number of unbranched alkanes of at least 4 members (excludes halogenated alkanes) is 9. The van der Waals surface area contributed by atoms with Crippen molar-refractivity contribution in [3.05, 3.63) is 146 Å². The first-order chi connectivity index (χ1) is 31.6. The van der Waals surface area contributed by atoms with Crippen molar-refractivity contribution in [3.63, 3.8) is 0 Å². The van der Waals surface area contributed by atoms with Crippen molar-refractivity contribution in [2.24, 2.45) is 0 Å². The Morgan fingerprint density at radius 2 is 0.656 bits per heavy atom. The summed E-state index contributed by atoms with van der Waals surface area (Å²) < 4.78 is 17.3. The van der Waals surface area contributed by atoms with E-state index in [-0.39, 0.29) is 25.2 Å². The highest BCUT2D eigenvalue weighted by atomic mass is 16.6. The van der Waals surface area contributed by atoms with E-state index in [1.807, 2.05) is 0 Å². The molecule has 0 saturated heterocycles. The summed E-state index contributed by atoms with van der Waals surface area (Å²) in [5, 5.41) is 0. The molecule has 0 bridgehead atoms. The van der Waals surface area contributed by atoms with Crippen molar-refractivity contribution in [3.8, 4) is 0 Å². The molecule has 5 nitrogen and oxygen atoms in total. The summed E-state index contributed by atoms with van der Waals surface area (Å²) >= 11 is 0. The van der Waals surface area contributed by atoms with E-state index in [1.165, 1.54) is 6.42 Å². The first kappa shape index (κ1) is 59.8. The summed E-state index contributed by atoms with van der Waals surface area (Å²) in [7, 11) is 0. The monoisotopic (exact) mass is 881 g/mol. The van der Waals surface area contributed by atoms with Gasteiger partial charge in [-0.2, -0.15) is 0 Å². The maximum absolute atomic E-state index is 12.8. The molecule has 1 unspecified atom stereocenters. The van der Waals surface area contributed by atoms with E-state index in [4.69, 9.17) is 14.2 Å². The first-order valence-electron chi connectivity index (χ1n) is 25.4. The molecule has 0 heterocycles. The number of carbonyl (C=O) groups excluding carboxylic acids is 2. The normalized spacial score (nSPS) is 13.5. The third-order valence-corrected chi connectivity index (χ3v) is 9.85. The molecular formula is C59H92O5. The van der Waals surface area contributed by atoms with E-state index in [1.54, 1.807) is 0 Å². The maximum atomic E-state index is 12.8. The summed E-state index contributed by atoms with van der Waals surface area (Å²) in [6.07, 6.45) is 77.3. The minimum atomic E-state index is -0.600. The number of rotatable bonds is 44. The van der Waals surface area contributed by atoms with Gasteiger partial charge in [-0.25, -0.2) is 0 Å². The van der Waals surface area contributed by atoms with Crippen LogP contribution in [-0.2, 0) is 23.8 Å². The van der Waals surface area contributed by atoms with Crippen LogP contribution in [-0.4, -0.2) is 37.9 Å². The number of hydrogen-bond acceptors (Lipinski definition) is 5. The number of ether oxygens (including phenoxy) is 3. The highest BCUT2D eigenvalue weighted by Crippen LogP contribution is 2.11. The Morgan fingerprint density at radius 1 is 0.344 bits per heavy atom. The number of hydrogen-bond donors (Lipinski definition) is 0. The van der Waals surface area contributed by atoms with Crippen molar-refractivity contribution >= 4 is 11.9 Å². The zero-order chi connectivity index (χ0) is 46.3. The van der Waals surface area contributed by atoms with Gasteiger partial charge in [-0.3, -0.25) is 9.59 Å². The van der Waals surface area contributed by atoms with Crippen LogP contribution >= 0.6 is 0 Å². The van der Waals surface area contributed by atoms with Gasteiger partial charge in [0, 0.05) is 19.4 Å². The van der Waals surface area contributed by atoms with Gasteiger partial charge >= 0.3 is 11.9 Å². The Hall–Kier alpha value is -4.22. The van der Waals surface area contributed by atoms with Crippen LogP contribution in [0.2, 0.25) is 0 Å². The fourth-order valence-corrected chi connectivity index (χ4v) is 6.20. The predicted octanol–water partition coefficient (Wildman–Crippen LogP) is 17.3. The van der Waals surface area contributed by atoms with Crippen LogP contribution in [0.5, 0.6) is 0 Å². The molecule has 0 aliphatic rings. The van der Waals surface area contributed by atoms with E-state index in [2.05, 4.69) is 167 Å². The molecule has 0 amide bonds. The smallest absolute Gasteiger partial charge is 0.306 e. The Balaban J connectivity index is 4.47. The van der Waals surface area contributed by atoms with Crippen LogP contribution in [0.25, 0.3) is 0 Å². The SMILES string of the molecule is CC/C=C\C/C=C\C/C=C\C/C=C\C/C=C\C/C=C\CCCOCC(COC(=O)CCCCCCC/C=C\C/C=C\C/C=C\CC)OC(=O)CCCCC/C=C\C/C=C\C/C=C\CC. The number of allylic oxidation sites excluding steroid dienone is 24. The molecule has 0 fully saturated rings. The fraction of sp³-hybridized carbons (Fsp3) is 0.559. The Kier molecular flexibility index (Phi) is 49.6. The van der Waals surface area contributed by atoms with Crippen molar-refractivity contribution in [2.45, 2.75) is 194 Å². The van der Waals surface area contributed by atoms with Crippen LogP contribution in [0.1, 0.15) is 188 Å².